The smallest absolute Gasteiger partial charge is 0.193 e. The van der Waals surface area contributed by atoms with E-state index in [1.165, 1.54) is 42.4 Å². The van der Waals surface area contributed by atoms with Crippen LogP contribution in [0.2, 0.25) is 5.02 Å². The summed E-state index contributed by atoms with van der Waals surface area (Å²) in [6, 6.07) is 17.8. The van der Waals surface area contributed by atoms with E-state index in [-0.39, 0.29) is 17.5 Å². The van der Waals surface area contributed by atoms with Crippen LogP contribution < -0.4 is 0 Å². The van der Waals surface area contributed by atoms with E-state index >= 15 is 0 Å². The fourth-order valence-electron chi connectivity index (χ4n) is 5.61. The Hall–Kier alpha value is -2.33. The molecule has 2 aromatic carbocycles. The second-order valence-electron chi connectivity index (χ2n) is 10.5. The molecule has 2 aliphatic carbocycles. The van der Waals surface area contributed by atoms with Crippen LogP contribution in [0, 0.1) is 6.92 Å². The number of ether oxygens (including phenoxy) is 2. The average molecular weight is 463 g/mol. The summed E-state index contributed by atoms with van der Waals surface area (Å²) in [6.07, 6.45) is 7.63. The van der Waals surface area contributed by atoms with Gasteiger partial charge in [-0.3, -0.25) is 0 Å². The van der Waals surface area contributed by atoms with Crippen molar-refractivity contribution < 1.29 is 9.47 Å². The van der Waals surface area contributed by atoms with E-state index in [0.717, 1.165) is 29.7 Å². The summed E-state index contributed by atoms with van der Waals surface area (Å²) < 4.78 is 11.9. The van der Waals surface area contributed by atoms with E-state index in [0.29, 0.717) is 25.0 Å². The molecular weight excluding hydrogens is 432 g/mol. The topological polar surface area (TPSA) is 43.2 Å². The molecule has 0 spiro atoms. The van der Waals surface area contributed by atoms with Crippen LogP contribution in [0.5, 0.6) is 0 Å². The minimum Gasteiger partial charge on any atom is -0.478 e. The first-order valence-corrected chi connectivity index (χ1v) is 12.6. The molecule has 4 aliphatic rings. The number of hydrogen-bond acceptors (Lipinski definition) is 4. The molecule has 0 saturated heterocycles. The first-order valence-electron chi connectivity index (χ1n) is 12.2. The van der Waals surface area contributed by atoms with Crippen molar-refractivity contribution in [3.05, 3.63) is 70.2 Å². The van der Waals surface area contributed by atoms with Crippen molar-refractivity contribution in [3.8, 4) is 0 Å². The van der Waals surface area contributed by atoms with Crippen LogP contribution in [-0.4, -0.2) is 37.1 Å². The molecule has 0 aromatic heterocycles. The minimum atomic E-state index is 0.215. The SMILES string of the molecule is Cc1ccc(C2(CC3COC(CC4=NC(CC5(c6ccc(Cl)cc6)CC5)CO4)=N3)CC2)cc1. The lowest BCUT2D eigenvalue weighted by Crippen LogP contribution is -2.17. The molecular formula is C28H31ClN2O2. The second-order valence-corrected chi connectivity index (χ2v) is 10.9. The van der Waals surface area contributed by atoms with Gasteiger partial charge >= 0.3 is 0 Å². The van der Waals surface area contributed by atoms with Gasteiger partial charge < -0.3 is 9.47 Å². The van der Waals surface area contributed by atoms with Crippen molar-refractivity contribution in [2.24, 2.45) is 9.98 Å². The van der Waals surface area contributed by atoms with Gasteiger partial charge in [0.25, 0.3) is 0 Å². The fourth-order valence-corrected chi connectivity index (χ4v) is 5.73. The average Bonchev–Trinajstić information content (AvgIpc) is 3.67. The first kappa shape index (κ1) is 21.2. The summed E-state index contributed by atoms with van der Waals surface area (Å²) >= 11 is 6.07. The first-order chi connectivity index (χ1) is 16.0. The second kappa shape index (κ2) is 8.16. The molecule has 33 heavy (non-hydrogen) atoms. The van der Waals surface area contributed by atoms with E-state index in [1.54, 1.807) is 0 Å². The molecule has 5 heteroatoms. The molecule has 2 unspecified atom stereocenters. The summed E-state index contributed by atoms with van der Waals surface area (Å²) in [6.45, 7) is 3.49. The Morgan fingerprint density at radius 3 is 1.67 bits per heavy atom. The van der Waals surface area contributed by atoms with Crippen LogP contribution in [0.3, 0.4) is 0 Å². The van der Waals surface area contributed by atoms with Gasteiger partial charge in [0.15, 0.2) is 11.8 Å². The molecule has 2 heterocycles. The number of rotatable bonds is 8. The maximum atomic E-state index is 6.07. The van der Waals surface area contributed by atoms with E-state index in [4.69, 9.17) is 31.1 Å². The fraction of sp³-hybridized carbons (Fsp3) is 0.500. The number of aryl methyl sites for hydroxylation is 1. The lowest BCUT2D eigenvalue weighted by Gasteiger charge is -2.18. The third kappa shape index (κ3) is 4.42. The Morgan fingerprint density at radius 2 is 1.21 bits per heavy atom. The number of nitrogens with zero attached hydrogens (tertiary/aromatic N) is 2. The molecule has 2 aliphatic heterocycles. The van der Waals surface area contributed by atoms with Crippen LogP contribution in [0.25, 0.3) is 0 Å². The summed E-state index contributed by atoms with van der Waals surface area (Å²) in [7, 11) is 0. The van der Waals surface area contributed by atoms with E-state index in [2.05, 4.69) is 43.3 Å². The zero-order valence-electron chi connectivity index (χ0n) is 19.2. The predicted octanol–water partition coefficient (Wildman–Crippen LogP) is 6.18. The summed E-state index contributed by atoms with van der Waals surface area (Å²) in [5, 5.41) is 0.793. The molecule has 0 radical (unpaired) electrons. The lowest BCUT2D eigenvalue weighted by molar-refractivity contribution is 0.286. The van der Waals surface area contributed by atoms with Crippen molar-refractivity contribution in [2.75, 3.05) is 13.2 Å². The highest BCUT2D eigenvalue weighted by Gasteiger charge is 2.47. The third-order valence-corrected chi connectivity index (χ3v) is 8.17. The van der Waals surface area contributed by atoms with Crippen molar-refractivity contribution in [1.82, 2.24) is 0 Å². The molecule has 0 amide bonds. The maximum Gasteiger partial charge on any atom is 0.193 e. The molecule has 0 N–H and O–H groups in total. The van der Waals surface area contributed by atoms with Gasteiger partial charge in [-0.15, -0.1) is 0 Å². The molecule has 2 aromatic rings. The van der Waals surface area contributed by atoms with Gasteiger partial charge in [0.1, 0.15) is 13.2 Å². The highest BCUT2D eigenvalue weighted by atomic mass is 35.5. The predicted molar refractivity (Wildman–Crippen MR) is 133 cm³/mol. The maximum absolute atomic E-state index is 6.07. The summed E-state index contributed by atoms with van der Waals surface area (Å²) in [4.78, 5) is 9.80. The van der Waals surface area contributed by atoms with Gasteiger partial charge in [-0.1, -0.05) is 53.6 Å². The molecule has 2 saturated carbocycles. The van der Waals surface area contributed by atoms with Crippen LogP contribution in [0.1, 0.15) is 61.6 Å². The van der Waals surface area contributed by atoms with E-state index in [9.17, 15) is 0 Å². The largest absolute Gasteiger partial charge is 0.478 e. The molecule has 6 rings (SSSR count). The minimum absolute atomic E-state index is 0.215. The van der Waals surface area contributed by atoms with Crippen LogP contribution in [0.4, 0.5) is 0 Å². The van der Waals surface area contributed by atoms with Gasteiger partial charge in [0, 0.05) is 5.02 Å². The van der Waals surface area contributed by atoms with Gasteiger partial charge in [-0.2, -0.15) is 0 Å². The molecule has 2 atom stereocenters. The van der Waals surface area contributed by atoms with Crippen LogP contribution >= 0.6 is 11.6 Å². The van der Waals surface area contributed by atoms with E-state index < -0.39 is 0 Å². The normalized spacial score (nSPS) is 26.2. The number of aliphatic imine (C=N–C) groups is 2. The standard InChI is InChI=1S/C28H31ClN2O2/c1-19-2-4-20(5-3-19)27(10-11-27)15-23-17-32-25(30-23)14-26-31-24(18-33-26)16-28(12-13-28)21-6-8-22(29)9-7-21/h2-9,23-24H,10-18H2,1H3. The number of hydrogen-bond donors (Lipinski definition) is 0. The lowest BCUT2D eigenvalue weighted by atomic mass is 9.89. The highest BCUT2D eigenvalue weighted by molar-refractivity contribution is 6.30. The quantitative estimate of drug-likeness (QED) is 0.470. The van der Waals surface area contributed by atoms with Gasteiger partial charge in [0.05, 0.1) is 18.5 Å². The summed E-state index contributed by atoms with van der Waals surface area (Å²) in [5.74, 6) is 1.57. The van der Waals surface area contributed by atoms with Gasteiger partial charge in [-0.25, -0.2) is 9.98 Å². The Kier molecular flexibility index (Phi) is 5.25. The monoisotopic (exact) mass is 462 g/mol. The molecule has 0 bridgehead atoms. The van der Waals surface area contributed by atoms with E-state index in [1.807, 2.05) is 12.1 Å². The Bertz CT molecular complexity index is 994. The van der Waals surface area contributed by atoms with Crippen molar-refractivity contribution in [3.63, 3.8) is 0 Å². The van der Waals surface area contributed by atoms with Crippen molar-refractivity contribution in [2.45, 2.75) is 74.8 Å². The zero-order valence-corrected chi connectivity index (χ0v) is 20.0. The van der Waals surface area contributed by atoms with Crippen molar-refractivity contribution in [1.29, 1.82) is 0 Å². The molecule has 2 fully saturated rings. The molecule has 4 nitrogen and oxygen atoms in total. The van der Waals surface area contributed by atoms with Crippen molar-refractivity contribution >= 4 is 23.4 Å². The van der Waals surface area contributed by atoms with Gasteiger partial charge in [-0.05, 0) is 79.5 Å². The highest BCUT2D eigenvalue weighted by Crippen LogP contribution is 2.53. The Labute approximate surface area is 201 Å². The Balaban J connectivity index is 1.06. The number of halogens is 1. The summed E-state index contributed by atoms with van der Waals surface area (Å²) in [5.41, 5.74) is 4.70. The molecule has 172 valence electrons. The third-order valence-electron chi connectivity index (χ3n) is 7.92. The van der Waals surface area contributed by atoms with Crippen LogP contribution in [0.15, 0.2) is 58.5 Å². The van der Waals surface area contributed by atoms with Crippen LogP contribution in [-0.2, 0) is 20.3 Å². The zero-order chi connectivity index (χ0) is 22.5. The van der Waals surface area contributed by atoms with Gasteiger partial charge in [0.2, 0.25) is 0 Å². The number of benzene rings is 2. The Morgan fingerprint density at radius 1 is 0.758 bits per heavy atom.